The largest absolute Gasteiger partial charge is 0.449 e. The fraction of sp³-hybridized carbons (Fsp3) is 0.200. The maximum Gasteiger partial charge on any atom is 0.375 e. The number of hydrogen-bond donors (Lipinski definition) is 1. The monoisotopic (exact) mass is 401 g/mol. The summed E-state index contributed by atoms with van der Waals surface area (Å²) >= 11 is 0. The van der Waals surface area contributed by atoms with Crippen molar-refractivity contribution in [2.45, 2.75) is 20.0 Å². The van der Waals surface area contributed by atoms with Crippen LogP contribution >= 0.6 is 0 Å². The third-order valence-electron chi connectivity index (χ3n) is 4.15. The zero-order valence-corrected chi connectivity index (χ0v) is 16.4. The fourth-order valence-electron chi connectivity index (χ4n) is 2.79. The number of benzene rings is 2. The lowest BCUT2D eigenvalue weighted by Crippen LogP contribution is -2.24. The number of fused-ring (bicyclic) bond motifs is 1. The van der Waals surface area contributed by atoms with Gasteiger partial charge in [0, 0.05) is 22.2 Å². The Morgan fingerprint density at radius 3 is 2.32 bits per heavy atom. The summed E-state index contributed by atoms with van der Waals surface area (Å²) in [5, 5.41) is 0.808. The summed E-state index contributed by atoms with van der Waals surface area (Å²) in [6.07, 6.45) is 0.00187. The maximum absolute atomic E-state index is 12.5. The summed E-state index contributed by atoms with van der Waals surface area (Å²) in [6.45, 7) is 3.23. The van der Waals surface area contributed by atoms with E-state index in [4.69, 9.17) is 9.15 Å². The lowest BCUT2D eigenvalue weighted by molar-refractivity contribution is 0.0290. The molecule has 0 aliphatic heterocycles. The SMILES string of the molecule is Cc1c(C(=O)O[C@H](C)C(=O)c2ccc(NS(C)(=O)=O)cc2)oc2ccccc12. The van der Waals surface area contributed by atoms with Crippen molar-refractivity contribution >= 4 is 38.4 Å². The molecule has 3 aromatic rings. The Kier molecular flexibility index (Phi) is 5.24. The molecule has 28 heavy (non-hydrogen) atoms. The maximum atomic E-state index is 12.5. The average molecular weight is 401 g/mol. The van der Waals surface area contributed by atoms with Crippen LogP contribution in [0.25, 0.3) is 11.0 Å². The molecule has 0 aliphatic rings. The first-order chi connectivity index (χ1) is 13.2. The van der Waals surface area contributed by atoms with Crippen LogP contribution in [0.1, 0.15) is 33.4 Å². The Hall–Kier alpha value is -3.13. The number of rotatable bonds is 6. The number of carbonyl (C=O) groups excluding carboxylic acids is 2. The number of Topliss-reactive ketones (excluding diaryl/α,β-unsaturated/α-hetero) is 1. The van der Waals surface area contributed by atoms with E-state index in [9.17, 15) is 18.0 Å². The van der Waals surface area contributed by atoms with Gasteiger partial charge in [-0.05, 0) is 44.2 Å². The number of carbonyl (C=O) groups is 2. The molecule has 3 rings (SSSR count). The minimum absolute atomic E-state index is 0.0635. The summed E-state index contributed by atoms with van der Waals surface area (Å²) in [5.41, 5.74) is 1.85. The molecule has 1 N–H and O–H groups in total. The molecule has 0 fully saturated rings. The first kappa shape index (κ1) is 19.6. The second-order valence-electron chi connectivity index (χ2n) is 6.42. The quantitative estimate of drug-likeness (QED) is 0.501. The highest BCUT2D eigenvalue weighted by Gasteiger charge is 2.24. The van der Waals surface area contributed by atoms with E-state index in [-0.39, 0.29) is 5.76 Å². The van der Waals surface area contributed by atoms with Gasteiger partial charge in [0.25, 0.3) is 0 Å². The van der Waals surface area contributed by atoms with Gasteiger partial charge in [0.05, 0.1) is 6.26 Å². The highest BCUT2D eigenvalue weighted by atomic mass is 32.2. The fourth-order valence-corrected chi connectivity index (χ4v) is 3.35. The molecule has 146 valence electrons. The number of para-hydroxylation sites is 1. The first-order valence-electron chi connectivity index (χ1n) is 8.47. The molecule has 0 radical (unpaired) electrons. The van der Waals surface area contributed by atoms with Crippen molar-refractivity contribution in [1.29, 1.82) is 0 Å². The molecule has 8 heteroatoms. The Morgan fingerprint density at radius 1 is 1.07 bits per heavy atom. The number of anilines is 1. The zero-order chi connectivity index (χ0) is 20.5. The second kappa shape index (κ2) is 7.47. The van der Waals surface area contributed by atoms with Crippen LogP contribution in [0.15, 0.2) is 52.9 Å². The van der Waals surface area contributed by atoms with Crippen molar-refractivity contribution in [3.8, 4) is 0 Å². The van der Waals surface area contributed by atoms with Crippen LogP contribution in [-0.4, -0.2) is 32.5 Å². The molecule has 0 amide bonds. The smallest absolute Gasteiger partial charge is 0.375 e. The van der Waals surface area contributed by atoms with Crippen molar-refractivity contribution < 1.29 is 27.2 Å². The zero-order valence-electron chi connectivity index (χ0n) is 15.6. The number of nitrogens with one attached hydrogen (secondary N) is 1. The van der Waals surface area contributed by atoms with Crippen LogP contribution in [0.2, 0.25) is 0 Å². The lowest BCUT2D eigenvalue weighted by Gasteiger charge is -2.12. The topological polar surface area (TPSA) is 103 Å². The van der Waals surface area contributed by atoms with Crippen LogP contribution in [0.5, 0.6) is 0 Å². The van der Waals surface area contributed by atoms with E-state index in [1.807, 2.05) is 12.1 Å². The van der Waals surface area contributed by atoms with E-state index >= 15 is 0 Å². The van der Waals surface area contributed by atoms with Gasteiger partial charge in [-0.3, -0.25) is 9.52 Å². The molecule has 0 spiro atoms. The molecule has 0 saturated carbocycles. The number of furan rings is 1. The molecule has 1 atom stereocenters. The summed E-state index contributed by atoms with van der Waals surface area (Å²) in [4.78, 5) is 25.0. The van der Waals surface area contributed by atoms with Gasteiger partial charge in [0.15, 0.2) is 6.10 Å². The van der Waals surface area contributed by atoms with E-state index in [1.54, 1.807) is 19.1 Å². The number of ketones is 1. The van der Waals surface area contributed by atoms with E-state index in [2.05, 4.69) is 4.72 Å². The van der Waals surface area contributed by atoms with Crippen LogP contribution in [-0.2, 0) is 14.8 Å². The van der Waals surface area contributed by atoms with Crippen LogP contribution in [0, 0.1) is 6.92 Å². The molecule has 0 unspecified atom stereocenters. The van der Waals surface area contributed by atoms with Gasteiger partial charge in [0.2, 0.25) is 21.6 Å². The van der Waals surface area contributed by atoms with Gasteiger partial charge in [-0.2, -0.15) is 0 Å². The van der Waals surface area contributed by atoms with Gasteiger partial charge in [-0.15, -0.1) is 0 Å². The molecule has 1 aromatic heterocycles. The Bertz CT molecular complexity index is 1150. The molecular formula is C20H19NO6S. The van der Waals surface area contributed by atoms with Gasteiger partial charge in [0.1, 0.15) is 5.58 Å². The standard InChI is InChI=1S/C20H19NO6S/c1-12-16-6-4-5-7-17(16)27-19(12)20(23)26-13(2)18(22)14-8-10-15(11-9-14)21-28(3,24)25/h4-11,13,21H,1-3H3/t13-/m1/s1. The lowest BCUT2D eigenvalue weighted by atomic mass is 10.1. The summed E-state index contributed by atoms with van der Waals surface area (Å²) in [6, 6.07) is 13.1. The number of hydrogen-bond acceptors (Lipinski definition) is 6. The number of esters is 1. The minimum atomic E-state index is -3.40. The highest BCUT2D eigenvalue weighted by molar-refractivity contribution is 7.92. The summed E-state index contributed by atoms with van der Waals surface area (Å²) in [7, 11) is -3.40. The minimum Gasteiger partial charge on any atom is -0.449 e. The second-order valence-corrected chi connectivity index (χ2v) is 8.16. The van der Waals surface area contributed by atoms with Gasteiger partial charge >= 0.3 is 5.97 Å². The molecule has 1 heterocycles. The van der Waals surface area contributed by atoms with Crippen molar-refractivity contribution in [2.75, 3.05) is 11.0 Å². The van der Waals surface area contributed by atoms with Gasteiger partial charge in [-0.1, -0.05) is 18.2 Å². The van der Waals surface area contributed by atoms with E-state index in [1.165, 1.54) is 31.2 Å². The van der Waals surface area contributed by atoms with Crippen LogP contribution in [0.3, 0.4) is 0 Å². The van der Waals surface area contributed by atoms with Crippen molar-refractivity contribution in [2.24, 2.45) is 0 Å². The third-order valence-corrected chi connectivity index (χ3v) is 4.76. The Labute approximate surface area is 162 Å². The van der Waals surface area contributed by atoms with Gasteiger partial charge < -0.3 is 9.15 Å². The van der Waals surface area contributed by atoms with Crippen molar-refractivity contribution in [1.82, 2.24) is 0 Å². The Balaban J connectivity index is 1.72. The molecule has 0 saturated heterocycles. The molecule has 2 aromatic carbocycles. The van der Waals surface area contributed by atoms with Gasteiger partial charge in [-0.25, -0.2) is 13.2 Å². The number of ether oxygens (including phenoxy) is 1. The summed E-state index contributed by atoms with van der Waals surface area (Å²) in [5.74, 6) is -1.06. The molecule has 7 nitrogen and oxygen atoms in total. The Morgan fingerprint density at radius 2 is 1.71 bits per heavy atom. The molecule has 0 bridgehead atoms. The van der Waals surface area contributed by atoms with Crippen LogP contribution in [0.4, 0.5) is 5.69 Å². The van der Waals surface area contributed by atoms with E-state index in [0.29, 0.717) is 22.4 Å². The molecular weight excluding hydrogens is 382 g/mol. The van der Waals surface area contributed by atoms with E-state index in [0.717, 1.165) is 11.6 Å². The first-order valence-corrected chi connectivity index (χ1v) is 10.4. The van der Waals surface area contributed by atoms with E-state index < -0.39 is 27.9 Å². The predicted octanol–water partition coefficient (Wildman–Crippen LogP) is 3.54. The number of aryl methyl sites for hydroxylation is 1. The van der Waals surface area contributed by atoms with Crippen molar-refractivity contribution in [3.63, 3.8) is 0 Å². The van der Waals surface area contributed by atoms with Crippen molar-refractivity contribution in [3.05, 3.63) is 65.4 Å². The third kappa shape index (κ3) is 4.23. The normalized spacial score (nSPS) is 12.5. The molecule has 0 aliphatic carbocycles. The number of sulfonamides is 1. The highest BCUT2D eigenvalue weighted by Crippen LogP contribution is 2.26. The predicted molar refractivity (Wildman–Crippen MR) is 105 cm³/mol. The summed E-state index contributed by atoms with van der Waals surface area (Å²) < 4.78 is 35.6. The van der Waals surface area contributed by atoms with Crippen LogP contribution < -0.4 is 4.72 Å². The average Bonchev–Trinajstić information content (AvgIpc) is 2.97.